The average molecular weight is 296 g/mol. The van der Waals surface area contributed by atoms with Gasteiger partial charge < -0.3 is 20.8 Å². The highest BCUT2D eigenvalue weighted by atomic mass is 16.4. The maximum Gasteiger partial charge on any atom is 0.326 e. The molecule has 5 atom stereocenters. The van der Waals surface area contributed by atoms with Gasteiger partial charge in [0.15, 0.2) is 0 Å². The second kappa shape index (κ2) is 5.20. The Morgan fingerprint density at radius 3 is 2.24 bits per heavy atom. The summed E-state index contributed by atoms with van der Waals surface area (Å²) < 4.78 is 0. The molecule has 116 valence electrons. The Kier molecular flexibility index (Phi) is 3.51. The van der Waals surface area contributed by atoms with Crippen LogP contribution >= 0.6 is 0 Å². The Bertz CT molecular complexity index is 464. The van der Waals surface area contributed by atoms with Crippen LogP contribution in [-0.2, 0) is 9.59 Å². The number of carboxylic acid groups (broad SMARTS) is 2. The maximum atomic E-state index is 11.9. The van der Waals surface area contributed by atoms with Gasteiger partial charge in [0, 0.05) is 12.5 Å². The molecule has 0 spiro atoms. The lowest BCUT2D eigenvalue weighted by molar-refractivity contribution is -0.140. The third kappa shape index (κ3) is 2.69. The van der Waals surface area contributed by atoms with E-state index in [-0.39, 0.29) is 18.9 Å². The fourth-order valence-electron chi connectivity index (χ4n) is 4.39. The summed E-state index contributed by atoms with van der Waals surface area (Å²) in [7, 11) is 0. The molecular weight excluding hydrogens is 276 g/mol. The third-order valence-electron chi connectivity index (χ3n) is 5.28. The van der Waals surface area contributed by atoms with E-state index in [4.69, 9.17) is 10.2 Å². The quantitative estimate of drug-likeness (QED) is 0.574. The maximum absolute atomic E-state index is 11.9. The van der Waals surface area contributed by atoms with Crippen molar-refractivity contribution < 1.29 is 24.6 Å². The number of fused-ring (bicyclic) bond motifs is 5. The molecule has 4 N–H and O–H groups in total. The monoisotopic (exact) mass is 296 g/mol. The van der Waals surface area contributed by atoms with E-state index in [0.717, 1.165) is 11.8 Å². The van der Waals surface area contributed by atoms with Gasteiger partial charge in [0.05, 0.1) is 0 Å². The molecule has 3 aliphatic carbocycles. The van der Waals surface area contributed by atoms with Crippen LogP contribution in [0.5, 0.6) is 0 Å². The Labute approximate surface area is 122 Å². The van der Waals surface area contributed by atoms with E-state index >= 15 is 0 Å². The van der Waals surface area contributed by atoms with Crippen LogP contribution in [0.1, 0.15) is 32.1 Å². The Morgan fingerprint density at radius 2 is 1.71 bits per heavy atom. The molecule has 3 rings (SSSR count). The SMILES string of the molecule is O=C(O)CC[C@H](NC(=O)NC1C2C3CCC(C3)C12)C(=O)O. The van der Waals surface area contributed by atoms with Gasteiger partial charge in [-0.05, 0) is 49.4 Å². The summed E-state index contributed by atoms with van der Waals surface area (Å²) in [5, 5.41) is 22.8. The molecule has 2 bridgehead atoms. The molecule has 7 nitrogen and oxygen atoms in total. The van der Waals surface area contributed by atoms with Gasteiger partial charge in [-0.15, -0.1) is 0 Å². The molecule has 0 saturated heterocycles. The van der Waals surface area contributed by atoms with Crippen LogP contribution in [-0.4, -0.2) is 40.3 Å². The average Bonchev–Trinajstić information content (AvgIpc) is 2.82. The van der Waals surface area contributed by atoms with Gasteiger partial charge in [-0.1, -0.05) is 0 Å². The second-order valence-corrected chi connectivity index (χ2v) is 6.45. The zero-order valence-electron chi connectivity index (χ0n) is 11.6. The van der Waals surface area contributed by atoms with Crippen molar-refractivity contribution in [2.24, 2.45) is 23.7 Å². The number of urea groups is 1. The zero-order chi connectivity index (χ0) is 15.1. The van der Waals surface area contributed by atoms with Crippen LogP contribution in [0, 0.1) is 23.7 Å². The highest BCUT2D eigenvalue weighted by Crippen LogP contribution is 2.65. The molecule has 0 aliphatic heterocycles. The van der Waals surface area contributed by atoms with E-state index in [9.17, 15) is 14.4 Å². The van der Waals surface area contributed by atoms with Crippen molar-refractivity contribution in [1.82, 2.24) is 10.6 Å². The van der Waals surface area contributed by atoms with Crippen molar-refractivity contribution in [3.63, 3.8) is 0 Å². The van der Waals surface area contributed by atoms with Crippen molar-refractivity contribution in [2.45, 2.75) is 44.2 Å². The smallest absolute Gasteiger partial charge is 0.326 e. The first-order valence-corrected chi connectivity index (χ1v) is 7.49. The largest absolute Gasteiger partial charge is 0.481 e. The molecular formula is C14H20N2O5. The Morgan fingerprint density at radius 1 is 1.10 bits per heavy atom. The van der Waals surface area contributed by atoms with Crippen LogP contribution in [0.3, 0.4) is 0 Å². The molecule has 3 fully saturated rings. The van der Waals surface area contributed by atoms with E-state index in [0.29, 0.717) is 11.8 Å². The summed E-state index contributed by atoms with van der Waals surface area (Å²) in [6.45, 7) is 0. The number of hydrogen-bond donors (Lipinski definition) is 4. The van der Waals surface area contributed by atoms with Crippen LogP contribution < -0.4 is 10.6 Å². The lowest BCUT2D eigenvalue weighted by Gasteiger charge is -2.16. The minimum atomic E-state index is -1.21. The van der Waals surface area contributed by atoms with Crippen LogP contribution in [0.4, 0.5) is 4.79 Å². The number of carboxylic acids is 2. The first-order valence-electron chi connectivity index (χ1n) is 7.49. The molecule has 0 radical (unpaired) electrons. The molecule has 3 saturated carbocycles. The van der Waals surface area contributed by atoms with Crippen molar-refractivity contribution in [3.05, 3.63) is 0 Å². The number of amides is 2. The van der Waals surface area contributed by atoms with Gasteiger partial charge in [0.2, 0.25) is 0 Å². The Hall–Kier alpha value is -1.79. The predicted molar refractivity (Wildman–Crippen MR) is 71.6 cm³/mol. The van der Waals surface area contributed by atoms with Crippen LogP contribution in [0.25, 0.3) is 0 Å². The second-order valence-electron chi connectivity index (χ2n) is 6.45. The summed E-state index contributed by atoms with van der Waals surface area (Å²) in [6, 6.07) is -1.46. The highest BCUT2D eigenvalue weighted by Gasteiger charge is 2.65. The van der Waals surface area contributed by atoms with Crippen molar-refractivity contribution >= 4 is 18.0 Å². The predicted octanol–water partition coefficient (Wildman–Crippen LogP) is 0.648. The zero-order valence-corrected chi connectivity index (χ0v) is 11.6. The summed E-state index contributed by atoms with van der Waals surface area (Å²) in [6.07, 6.45) is 3.40. The molecule has 7 heteroatoms. The molecule has 0 heterocycles. The van der Waals surface area contributed by atoms with Crippen molar-refractivity contribution in [3.8, 4) is 0 Å². The minimum absolute atomic E-state index is 0.110. The van der Waals surface area contributed by atoms with Crippen molar-refractivity contribution in [2.75, 3.05) is 0 Å². The molecule has 0 aromatic rings. The van der Waals surface area contributed by atoms with Gasteiger partial charge in [-0.25, -0.2) is 9.59 Å². The molecule has 21 heavy (non-hydrogen) atoms. The number of nitrogens with one attached hydrogen (secondary N) is 2. The lowest BCUT2D eigenvalue weighted by Crippen LogP contribution is -2.47. The molecule has 0 aromatic carbocycles. The van der Waals surface area contributed by atoms with E-state index < -0.39 is 24.0 Å². The van der Waals surface area contributed by atoms with Crippen molar-refractivity contribution in [1.29, 1.82) is 0 Å². The summed E-state index contributed by atoms with van der Waals surface area (Å²) >= 11 is 0. The number of rotatable bonds is 6. The number of hydrogen-bond acceptors (Lipinski definition) is 3. The fourth-order valence-corrected chi connectivity index (χ4v) is 4.39. The minimum Gasteiger partial charge on any atom is -0.481 e. The summed E-state index contributed by atoms with van der Waals surface area (Å²) in [5.41, 5.74) is 0. The third-order valence-corrected chi connectivity index (χ3v) is 5.28. The normalized spacial score (nSPS) is 36.7. The molecule has 4 unspecified atom stereocenters. The van der Waals surface area contributed by atoms with Crippen LogP contribution in [0.15, 0.2) is 0 Å². The highest BCUT2D eigenvalue weighted by molar-refractivity contribution is 5.83. The standard InChI is InChI=1S/C14H20N2O5/c17-9(18)4-3-8(13(19)20)15-14(21)16-12-10-6-1-2-7(5-6)11(10)12/h6-8,10-12H,1-5H2,(H,17,18)(H,19,20)(H2,15,16,21)/t6?,7?,8-,10?,11?,12?/m0/s1. The van der Waals surface area contributed by atoms with Gasteiger partial charge in [0.1, 0.15) is 6.04 Å². The van der Waals surface area contributed by atoms with E-state index in [1.54, 1.807) is 0 Å². The van der Waals surface area contributed by atoms with Gasteiger partial charge in [-0.3, -0.25) is 4.79 Å². The lowest BCUT2D eigenvalue weighted by atomic mass is 10.0. The van der Waals surface area contributed by atoms with E-state index in [1.807, 2.05) is 0 Å². The van der Waals surface area contributed by atoms with E-state index in [1.165, 1.54) is 19.3 Å². The first-order chi connectivity index (χ1) is 9.97. The van der Waals surface area contributed by atoms with Gasteiger partial charge >= 0.3 is 18.0 Å². The topological polar surface area (TPSA) is 116 Å². The molecule has 2 amide bonds. The van der Waals surface area contributed by atoms with Crippen LogP contribution in [0.2, 0.25) is 0 Å². The molecule has 0 aromatic heterocycles. The molecule has 3 aliphatic rings. The number of carbonyl (C=O) groups excluding carboxylic acids is 1. The number of carbonyl (C=O) groups is 3. The number of aliphatic carboxylic acids is 2. The van der Waals surface area contributed by atoms with Gasteiger partial charge in [-0.2, -0.15) is 0 Å². The first kappa shape index (κ1) is 14.2. The summed E-state index contributed by atoms with van der Waals surface area (Å²) in [4.78, 5) is 33.4. The Balaban J connectivity index is 1.47. The fraction of sp³-hybridized carbons (Fsp3) is 0.786. The van der Waals surface area contributed by atoms with Gasteiger partial charge in [0.25, 0.3) is 0 Å². The van der Waals surface area contributed by atoms with E-state index in [2.05, 4.69) is 10.6 Å². The summed E-state index contributed by atoms with van der Waals surface area (Å²) in [5.74, 6) is 0.341.